The van der Waals surface area contributed by atoms with Crippen LogP contribution in [0.2, 0.25) is 5.02 Å². The zero-order chi connectivity index (χ0) is 17.2. The first-order valence-corrected chi connectivity index (χ1v) is 7.98. The third-order valence-corrected chi connectivity index (χ3v) is 3.83. The monoisotopic (exact) mass is 352 g/mol. The van der Waals surface area contributed by atoms with E-state index in [9.17, 15) is 0 Å². The van der Waals surface area contributed by atoms with E-state index < -0.39 is 0 Å². The van der Waals surface area contributed by atoms with Gasteiger partial charge in [-0.05, 0) is 24.3 Å². The highest BCUT2D eigenvalue weighted by atomic mass is 35.5. The van der Waals surface area contributed by atoms with Crippen molar-refractivity contribution in [2.45, 2.75) is 13.5 Å². The summed E-state index contributed by atoms with van der Waals surface area (Å²) >= 11 is 5.98. The predicted octanol–water partition coefficient (Wildman–Crippen LogP) is 3.40. The van der Waals surface area contributed by atoms with E-state index in [1.165, 1.54) is 10.4 Å². The minimum absolute atomic E-state index is 0.242. The maximum atomic E-state index is 5.98. The average molecular weight is 353 g/mol. The van der Waals surface area contributed by atoms with E-state index in [-0.39, 0.29) is 6.54 Å². The van der Waals surface area contributed by atoms with E-state index in [1.807, 2.05) is 43.3 Å². The summed E-state index contributed by atoms with van der Waals surface area (Å²) in [5, 5.41) is 17.0. The van der Waals surface area contributed by atoms with Crippen molar-refractivity contribution in [3.8, 4) is 22.8 Å². The van der Waals surface area contributed by atoms with Crippen molar-refractivity contribution < 1.29 is 4.52 Å². The number of tetrazole rings is 1. The maximum absolute atomic E-state index is 5.98. The Kier molecular flexibility index (Phi) is 3.99. The van der Waals surface area contributed by atoms with Crippen LogP contribution in [0.15, 0.2) is 53.1 Å². The van der Waals surface area contributed by atoms with Crippen molar-refractivity contribution >= 4 is 11.6 Å². The molecule has 4 rings (SSSR count). The number of hydrogen-bond acceptors (Lipinski definition) is 6. The summed E-state index contributed by atoms with van der Waals surface area (Å²) in [5.74, 6) is 1.41. The Labute approximate surface area is 148 Å². The highest BCUT2D eigenvalue weighted by Gasteiger charge is 2.12. The van der Waals surface area contributed by atoms with E-state index in [1.54, 1.807) is 12.1 Å². The van der Waals surface area contributed by atoms with Crippen LogP contribution < -0.4 is 0 Å². The molecule has 2 aromatic heterocycles. The van der Waals surface area contributed by atoms with Crippen LogP contribution in [-0.2, 0) is 6.54 Å². The Balaban J connectivity index is 1.52. The van der Waals surface area contributed by atoms with Gasteiger partial charge in [0.1, 0.15) is 6.54 Å². The molecule has 7 nitrogen and oxygen atoms in total. The van der Waals surface area contributed by atoms with Gasteiger partial charge in [-0.2, -0.15) is 9.78 Å². The lowest BCUT2D eigenvalue weighted by molar-refractivity contribution is 0.356. The van der Waals surface area contributed by atoms with E-state index in [2.05, 4.69) is 25.6 Å². The van der Waals surface area contributed by atoms with Gasteiger partial charge in [0.2, 0.25) is 11.6 Å². The van der Waals surface area contributed by atoms with Crippen LogP contribution in [0.3, 0.4) is 0 Å². The van der Waals surface area contributed by atoms with Gasteiger partial charge in [-0.3, -0.25) is 0 Å². The molecule has 0 amide bonds. The molecule has 4 aromatic rings. The second-order valence-corrected chi connectivity index (χ2v) is 5.97. The van der Waals surface area contributed by atoms with Crippen molar-refractivity contribution in [1.82, 2.24) is 30.3 Å². The van der Waals surface area contributed by atoms with Gasteiger partial charge in [0.25, 0.3) is 5.89 Å². The number of benzene rings is 2. The Morgan fingerprint density at radius 3 is 2.68 bits per heavy atom. The van der Waals surface area contributed by atoms with Crippen LogP contribution in [0.4, 0.5) is 0 Å². The summed E-state index contributed by atoms with van der Waals surface area (Å²) in [6, 6.07) is 15.2. The molecule has 0 N–H and O–H groups in total. The second kappa shape index (κ2) is 6.45. The third-order valence-electron chi connectivity index (χ3n) is 3.59. The molecule has 124 valence electrons. The van der Waals surface area contributed by atoms with Crippen LogP contribution in [0.5, 0.6) is 0 Å². The van der Waals surface area contributed by atoms with E-state index in [0.29, 0.717) is 22.6 Å². The quantitative estimate of drug-likeness (QED) is 0.559. The fraction of sp³-hybridized carbons (Fsp3) is 0.118. The average Bonchev–Trinajstić information content (AvgIpc) is 3.26. The topological polar surface area (TPSA) is 82.5 Å². The molecule has 0 atom stereocenters. The van der Waals surface area contributed by atoms with Gasteiger partial charge < -0.3 is 4.52 Å². The third kappa shape index (κ3) is 3.41. The fourth-order valence-electron chi connectivity index (χ4n) is 2.31. The first kappa shape index (κ1) is 15.5. The molecule has 25 heavy (non-hydrogen) atoms. The van der Waals surface area contributed by atoms with Gasteiger partial charge in [0, 0.05) is 16.1 Å². The molecule has 0 aliphatic rings. The molecule has 8 heteroatoms. The molecular weight excluding hydrogens is 340 g/mol. The van der Waals surface area contributed by atoms with Gasteiger partial charge in [0.05, 0.1) is 0 Å². The molecule has 0 fully saturated rings. The Hall–Kier alpha value is -3.06. The summed E-state index contributed by atoms with van der Waals surface area (Å²) in [4.78, 5) is 5.77. The number of hydrogen-bond donors (Lipinski definition) is 0. The summed E-state index contributed by atoms with van der Waals surface area (Å²) in [6.45, 7) is 2.27. The van der Waals surface area contributed by atoms with Crippen LogP contribution in [0.25, 0.3) is 22.8 Å². The van der Waals surface area contributed by atoms with Crippen molar-refractivity contribution in [1.29, 1.82) is 0 Å². The number of rotatable bonds is 4. The van der Waals surface area contributed by atoms with Crippen molar-refractivity contribution in [3.05, 3.63) is 65.0 Å². The summed E-state index contributed by atoms with van der Waals surface area (Å²) < 4.78 is 5.26. The largest absolute Gasteiger partial charge is 0.337 e. The van der Waals surface area contributed by atoms with E-state index >= 15 is 0 Å². The molecule has 0 aliphatic heterocycles. The lowest BCUT2D eigenvalue weighted by Crippen LogP contribution is -2.04. The first-order valence-electron chi connectivity index (χ1n) is 7.61. The van der Waals surface area contributed by atoms with E-state index in [4.69, 9.17) is 16.1 Å². The molecule has 2 aromatic carbocycles. The Bertz CT molecular complexity index is 1010. The normalized spacial score (nSPS) is 11.0. The molecule has 0 saturated heterocycles. The van der Waals surface area contributed by atoms with Gasteiger partial charge in [-0.25, -0.2) is 0 Å². The maximum Gasteiger partial charge on any atom is 0.250 e. The smallest absolute Gasteiger partial charge is 0.250 e. The molecule has 0 saturated carbocycles. The number of aryl methyl sites for hydroxylation is 1. The number of nitrogens with zero attached hydrogens (tertiary/aromatic N) is 6. The van der Waals surface area contributed by atoms with Crippen LogP contribution in [0, 0.1) is 6.92 Å². The van der Waals surface area contributed by atoms with Crippen molar-refractivity contribution in [2.75, 3.05) is 0 Å². The SMILES string of the molecule is Cc1ccc(-c2nnn(Cc3nc(-c4cccc(Cl)c4)no3)n2)cc1. The molecule has 0 spiro atoms. The van der Waals surface area contributed by atoms with Gasteiger partial charge in [0.15, 0.2) is 0 Å². The number of aromatic nitrogens is 6. The zero-order valence-corrected chi connectivity index (χ0v) is 14.1. The summed E-state index contributed by atoms with van der Waals surface area (Å²) in [5.41, 5.74) is 2.87. The van der Waals surface area contributed by atoms with Crippen LogP contribution >= 0.6 is 11.6 Å². The predicted molar refractivity (Wildman–Crippen MR) is 91.8 cm³/mol. The molecule has 0 bridgehead atoms. The first-order chi connectivity index (χ1) is 12.2. The molecular formula is C17H13ClN6O. The molecule has 0 radical (unpaired) electrons. The van der Waals surface area contributed by atoms with Gasteiger partial charge >= 0.3 is 0 Å². The number of halogens is 1. The lowest BCUT2D eigenvalue weighted by Gasteiger charge is -1.95. The molecule has 2 heterocycles. The highest BCUT2D eigenvalue weighted by molar-refractivity contribution is 6.30. The van der Waals surface area contributed by atoms with E-state index in [0.717, 1.165) is 11.1 Å². The summed E-state index contributed by atoms with van der Waals surface area (Å²) in [6.07, 6.45) is 0. The molecule has 0 unspecified atom stereocenters. The Morgan fingerprint density at radius 1 is 1.04 bits per heavy atom. The van der Waals surface area contributed by atoms with Crippen molar-refractivity contribution in [2.24, 2.45) is 0 Å². The van der Waals surface area contributed by atoms with Crippen molar-refractivity contribution in [3.63, 3.8) is 0 Å². The summed E-state index contributed by atoms with van der Waals surface area (Å²) in [7, 11) is 0. The molecule has 0 aliphatic carbocycles. The minimum Gasteiger partial charge on any atom is -0.337 e. The Morgan fingerprint density at radius 2 is 1.88 bits per heavy atom. The van der Waals surface area contributed by atoms with Gasteiger partial charge in [-0.1, -0.05) is 58.7 Å². The minimum atomic E-state index is 0.242. The van der Waals surface area contributed by atoms with Crippen LogP contribution in [0.1, 0.15) is 11.5 Å². The zero-order valence-electron chi connectivity index (χ0n) is 13.3. The highest BCUT2D eigenvalue weighted by Crippen LogP contribution is 2.20. The second-order valence-electron chi connectivity index (χ2n) is 5.53. The standard InChI is InChI=1S/C17H13ClN6O/c1-11-5-7-12(8-6-11)17-20-23-24(21-17)10-15-19-16(22-25-15)13-3-2-4-14(18)9-13/h2-9H,10H2,1H3. The lowest BCUT2D eigenvalue weighted by atomic mass is 10.1. The van der Waals surface area contributed by atoms with Crippen LogP contribution in [-0.4, -0.2) is 30.3 Å². The fourth-order valence-corrected chi connectivity index (χ4v) is 2.50. The van der Waals surface area contributed by atoms with Gasteiger partial charge in [-0.15, -0.1) is 10.2 Å².